The number of carbonyl (C=O) groups excluding carboxylic acids is 1. The highest BCUT2D eigenvalue weighted by Gasteiger charge is 2.13. The standard InChI is InChI=1S/C10H9ClN2O/c1-6-10(7(2)14)13-8(11)4-3-5-9(13)12-6/h3-5H,1-2H3. The van der Waals surface area contributed by atoms with E-state index in [1.54, 1.807) is 17.4 Å². The maximum absolute atomic E-state index is 11.4. The number of fused-ring (bicyclic) bond motifs is 1. The minimum atomic E-state index is -0.0249. The first-order valence-electron chi connectivity index (χ1n) is 4.26. The lowest BCUT2D eigenvalue weighted by Gasteiger charge is -2.00. The molecule has 0 aromatic carbocycles. The number of Topliss-reactive ketones (excluding diaryl/α,β-unsaturated/α-hetero) is 1. The molecule has 0 aliphatic heterocycles. The van der Waals surface area contributed by atoms with E-state index in [1.165, 1.54) is 6.92 Å². The van der Waals surface area contributed by atoms with Gasteiger partial charge in [-0.05, 0) is 19.1 Å². The molecule has 14 heavy (non-hydrogen) atoms. The van der Waals surface area contributed by atoms with Crippen LogP contribution in [0.1, 0.15) is 23.1 Å². The molecule has 0 saturated heterocycles. The predicted octanol–water partition coefficient (Wildman–Crippen LogP) is 2.50. The molecular weight excluding hydrogens is 200 g/mol. The highest BCUT2D eigenvalue weighted by atomic mass is 35.5. The second kappa shape index (κ2) is 3.10. The normalized spacial score (nSPS) is 10.8. The first-order chi connectivity index (χ1) is 6.61. The lowest BCUT2D eigenvalue weighted by Crippen LogP contribution is -2.01. The van der Waals surface area contributed by atoms with Crippen molar-refractivity contribution < 1.29 is 4.79 Å². The Kier molecular flexibility index (Phi) is 2.04. The quantitative estimate of drug-likeness (QED) is 0.533. The Morgan fingerprint density at radius 1 is 1.50 bits per heavy atom. The maximum Gasteiger partial charge on any atom is 0.178 e. The van der Waals surface area contributed by atoms with Crippen LogP contribution >= 0.6 is 11.6 Å². The molecule has 2 aromatic rings. The Labute approximate surface area is 86.3 Å². The maximum atomic E-state index is 11.4. The second-order valence-corrected chi connectivity index (χ2v) is 3.53. The van der Waals surface area contributed by atoms with Gasteiger partial charge in [-0.1, -0.05) is 17.7 Å². The fourth-order valence-electron chi connectivity index (χ4n) is 1.58. The molecule has 0 N–H and O–H groups in total. The molecule has 72 valence electrons. The highest BCUT2D eigenvalue weighted by molar-refractivity contribution is 6.30. The van der Waals surface area contributed by atoms with Gasteiger partial charge in [0.05, 0.1) is 5.69 Å². The third-order valence-corrected chi connectivity index (χ3v) is 2.40. The zero-order valence-electron chi connectivity index (χ0n) is 7.91. The van der Waals surface area contributed by atoms with Gasteiger partial charge in [0.25, 0.3) is 0 Å². The van der Waals surface area contributed by atoms with Gasteiger partial charge in [-0.2, -0.15) is 0 Å². The number of ketones is 1. The largest absolute Gasteiger partial charge is 0.293 e. The van der Waals surface area contributed by atoms with E-state index in [0.29, 0.717) is 22.2 Å². The minimum absolute atomic E-state index is 0.0249. The molecule has 0 spiro atoms. The van der Waals surface area contributed by atoms with E-state index in [0.717, 1.165) is 0 Å². The summed E-state index contributed by atoms with van der Waals surface area (Å²) in [7, 11) is 0. The lowest BCUT2D eigenvalue weighted by molar-refractivity contribution is 0.101. The number of carbonyl (C=O) groups is 1. The van der Waals surface area contributed by atoms with Crippen molar-refractivity contribution in [1.82, 2.24) is 9.38 Å². The molecule has 0 bridgehead atoms. The summed E-state index contributed by atoms with van der Waals surface area (Å²) in [5.74, 6) is -0.0249. The van der Waals surface area contributed by atoms with Crippen molar-refractivity contribution in [2.24, 2.45) is 0 Å². The number of pyridine rings is 1. The van der Waals surface area contributed by atoms with Gasteiger partial charge in [0.1, 0.15) is 16.5 Å². The molecule has 0 atom stereocenters. The molecular formula is C10H9ClN2O. The van der Waals surface area contributed by atoms with Crippen molar-refractivity contribution in [3.63, 3.8) is 0 Å². The van der Waals surface area contributed by atoms with Crippen molar-refractivity contribution in [2.75, 3.05) is 0 Å². The Balaban J connectivity index is 2.93. The summed E-state index contributed by atoms with van der Waals surface area (Å²) in [6.45, 7) is 3.32. The molecule has 0 radical (unpaired) electrons. The van der Waals surface area contributed by atoms with E-state index in [-0.39, 0.29) is 5.78 Å². The molecule has 2 rings (SSSR count). The first-order valence-corrected chi connectivity index (χ1v) is 4.63. The van der Waals surface area contributed by atoms with Crippen molar-refractivity contribution in [1.29, 1.82) is 0 Å². The van der Waals surface area contributed by atoms with E-state index >= 15 is 0 Å². The molecule has 0 amide bonds. The van der Waals surface area contributed by atoms with Gasteiger partial charge in [-0.25, -0.2) is 4.98 Å². The average Bonchev–Trinajstić information content (AvgIpc) is 2.42. The zero-order chi connectivity index (χ0) is 10.3. The third kappa shape index (κ3) is 1.21. The number of aryl methyl sites for hydroxylation is 1. The Hall–Kier alpha value is -1.35. The lowest BCUT2D eigenvalue weighted by atomic mass is 10.2. The summed E-state index contributed by atoms with van der Waals surface area (Å²) in [5.41, 5.74) is 1.98. The van der Waals surface area contributed by atoms with Gasteiger partial charge in [0.15, 0.2) is 5.78 Å². The van der Waals surface area contributed by atoms with Gasteiger partial charge in [-0.3, -0.25) is 9.20 Å². The van der Waals surface area contributed by atoms with E-state index in [9.17, 15) is 4.79 Å². The molecule has 0 aliphatic carbocycles. The average molecular weight is 209 g/mol. The fraction of sp³-hybridized carbons (Fsp3) is 0.200. The topological polar surface area (TPSA) is 34.4 Å². The van der Waals surface area contributed by atoms with E-state index < -0.39 is 0 Å². The third-order valence-electron chi connectivity index (χ3n) is 2.10. The van der Waals surface area contributed by atoms with Crippen LogP contribution in [-0.2, 0) is 0 Å². The SMILES string of the molecule is CC(=O)c1c(C)nc2cccc(Cl)n12. The molecule has 0 fully saturated rings. The molecule has 0 aliphatic rings. The van der Waals surface area contributed by atoms with Crippen LogP contribution in [-0.4, -0.2) is 15.2 Å². The number of hydrogen-bond donors (Lipinski definition) is 0. The van der Waals surface area contributed by atoms with Crippen LogP contribution in [0.2, 0.25) is 5.15 Å². The fourth-order valence-corrected chi connectivity index (χ4v) is 1.82. The van der Waals surface area contributed by atoms with Crippen LogP contribution in [0.15, 0.2) is 18.2 Å². The van der Waals surface area contributed by atoms with Gasteiger partial charge < -0.3 is 0 Å². The van der Waals surface area contributed by atoms with Crippen molar-refractivity contribution in [3.05, 3.63) is 34.7 Å². The van der Waals surface area contributed by atoms with Crippen molar-refractivity contribution in [3.8, 4) is 0 Å². The summed E-state index contributed by atoms with van der Waals surface area (Å²) in [6, 6.07) is 5.38. The van der Waals surface area contributed by atoms with Gasteiger partial charge in [0, 0.05) is 6.92 Å². The van der Waals surface area contributed by atoms with Gasteiger partial charge in [0.2, 0.25) is 0 Å². The number of nitrogens with zero attached hydrogens (tertiary/aromatic N) is 2. The van der Waals surface area contributed by atoms with Crippen LogP contribution < -0.4 is 0 Å². The summed E-state index contributed by atoms with van der Waals surface area (Å²) < 4.78 is 1.67. The van der Waals surface area contributed by atoms with Crippen molar-refractivity contribution >= 4 is 23.0 Å². The van der Waals surface area contributed by atoms with Gasteiger partial charge in [-0.15, -0.1) is 0 Å². The number of hydrogen-bond acceptors (Lipinski definition) is 2. The van der Waals surface area contributed by atoms with E-state index in [4.69, 9.17) is 11.6 Å². The van der Waals surface area contributed by atoms with Crippen LogP contribution in [0.5, 0.6) is 0 Å². The highest BCUT2D eigenvalue weighted by Crippen LogP contribution is 2.18. The number of imidazole rings is 1. The molecule has 3 nitrogen and oxygen atoms in total. The van der Waals surface area contributed by atoms with E-state index in [2.05, 4.69) is 4.98 Å². The zero-order valence-corrected chi connectivity index (χ0v) is 8.67. The molecule has 0 unspecified atom stereocenters. The number of aromatic nitrogens is 2. The summed E-state index contributed by atoms with van der Waals surface area (Å²) in [6.07, 6.45) is 0. The number of halogens is 1. The molecule has 0 saturated carbocycles. The van der Waals surface area contributed by atoms with E-state index in [1.807, 2.05) is 12.1 Å². The van der Waals surface area contributed by atoms with Crippen LogP contribution in [0.4, 0.5) is 0 Å². The Morgan fingerprint density at radius 2 is 2.21 bits per heavy atom. The van der Waals surface area contributed by atoms with Crippen LogP contribution in [0, 0.1) is 6.92 Å². The Morgan fingerprint density at radius 3 is 2.86 bits per heavy atom. The smallest absolute Gasteiger partial charge is 0.178 e. The molecule has 2 heterocycles. The minimum Gasteiger partial charge on any atom is -0.293 e. The summed E-state index contributed by atoms with van der Waals surface area (Å²) >= 11 is 5.99. The second-order valence-electron chi connectivity index (χ2n) is 3.14. The van der Waals surface area contributed by atoms with Crippen molar-refractivity contribution in [2.45, 2.75) is 13.8 Å². The van der Waals surface area contributed by atoms with Crippen LogP contribution in [0.3, 0.4) is 0 Å². The Bertz CT molecular complexity index is 516. The predicted molar refractivity (Wildman–Crippen MR) is 54.9 cm³/mol. The van der Waals surface area contributed by atoms with Gasteiger partial charge >= 0.3 is 0 Å². The first kappa shape index (κ1) is 9.21. The molecule has 4 heteroatoms. The summed E-state index contributed by atoms with van der Waals surface area (Å²) in [5, 5.41) is 0.508. The molecule has 2 aromatic heterocycles. The van der Waals surface area contributed by atoms with Crippen LogP contribution in [0.25, 0.3) is 5.65 Å². The monoisotopic (exact) mass is 208 g/mol. The summed E-state index contributed by atoms with van der Waals surface area (Å²) in [4.78, 5) is 15.6. The number of rotatable bonds is 1.